The van der Waals surface area contributed by atoms with E-state index < -0.39 is 0 Å². The number of carbonyl (C=O) groups is 1. The number of amides is 1. The topological polar surface area (TPSA) is 49.3 Å². The molecule has 2 N–H and O–H groups in total. The molecule has 0 bridgehead atoms. The number of halogens is 1. The van der Waals surface area contributed by atoms with Crippen LogP contribution < -0.4 is 5.32 Å². The number of nitrogens with one attached hydrogen (secondary N) is 1. The number of phenolic OH excluding ortho intramolecular Hbond substituents is 1. The molecule has 0 aliphatic rings. The van der Waals surface area contributed by atoms with Gasteiger partial charge < -0.3 is 10.4 Å². The fraction of sp³-hybridized carbons (Fsp3) is 0.533. The lowest BCUT2D eigenvalue weighted by atomic mass is 9.99. The molecule has 0 fully saturated rings. The first-order valence-electron chi connectivity index (χ1n) is 6.76. The van der Waals surface area contributed by atoms with Crippen LogP contribution in [0.25, 0.3) is 0 Å². The van der Waals surface area contributed by atoms with Gasteiger partial charge in [0.15, 0.2) is 0 Å². The van der Waals surface area contributed by atoms with Crippen molar-refractivity contribution in [2.45, 2.75) is 37.9 Å². The summed E-state index contributed by atoms with van der Waals surface area (Å²) >= 11 is 3.63. The number of carbonyl (C=O) groups excluding carboxylic acids is 1. The Labute approximate surface area is 123 Å². The number of phenols is 1. The number of hydrogen-bond donors (Lipinski definition) is 2. The second-order valence-corrected chi connectivity index (χ2v) is 5.88. The van der Waals surface area contributed by atoms with Crippen LogP contribution in [0.4, 0.5) is 0 Å². The standard InChI is InChI=1S/C15H22BrNO2/c1-3-11(4-2)13(16)10-17-15(19)9-12-7-5-6-8-14(12)18/h5-8,11,13,18H,3-4,9-10H2,1-2H3,(H,17,19). The lowest BCUT2D eigenvalue weighted by molar-refractivity contribution is -0.120. The molecule has 0 saturated heterocycles. The van der Waals surface area contributed by atoms with Gasteiger partial charge in [0.2, 0.25) is 5.91 Å². The summed E-state index contributed by atoms with van der Waals surface area (Å²) in [5.74, 6) is 0.690. The highest BCUT2D eigenvalue weighted by atomic mass is 79.9. The molecule has 1 unspecified atom stereocenters. The Morgan fingerprint density at radius 3 is 2.53 bits per heavy atom. The van der Waals surface area contributed by atoms with Gasteiger partial charge in [0, 0.05) is 16.9 Å². The number of hydrogen-bond acceptors (Lipinski definition) is 2. The van der Waals surface area contributed by atoms with Crippen molar-refractivity contribution in [2.75, 3.05) is 6.54 Å². The van der Waals surface area contributed by atoms with Crippen LogP contribution in [-0.4, -0.2) is 22.4 Å². The van der Waals surface area contributed by atoms with E-state index in [9.17, 15) is 9.90 Å². The summed E-state index contributed by atoms with van der Waals surface area (Å²) in [4.78, 5) is 12.1. The second kappa shape index (κ2) is 8.20. The summed E-state index contributed by atoms with van der Waals surface area (Å²) in [7, 11) is 0. The third-order valence-corrected chi connectivity index (χ3v) is 4.47. The van der Waals surface area contributed by atoms with Gasteiger partial charge in [-0.05, 0) is 12.0 Å². The van der Waals surface area contributed by atoms with Crippen LogP contribution in [0.2, 0.25) is 0 Å². The van der Waals surface area contributed by atoms with Gasteiger partial charge in [0.05, 0.1) is 6.42 Å². The Balaban J connectivity index is 2.42. The molecule has 0 aromatic heterocycles. The molecule has 3 nitrogen and oxygen atoms in total. The van der Waals surface area contributed by atoms with Crippen molar-refractivity contribution in [3.05, 3.63) is 29.8 Å². The largest absolute Gasteiger partial charge is 0.508 e. The van der Waals surface area contributed by atoms with E-state index in [1.807, 2.05) is 6.07 Å². The number of aromatic hydroxyl groups is 1. The van der Waals surface area contributed by atoms with Crippen molar-refractivity contribution in [2.24, 2.45) is 5.92 Å². The summed E-state index contributed by atoms with van der Waals surface area (Å²) < 4.78 is 0. The molecule has 0 aliphatic carbocycles. The monoisotopic (exact) mass is 327 g/mol. The van der Waals surface area contributed by atoms with Gasteiger partial charge in [0.1, 0.15) is 5.75 Å². The van der Waals surface area contributed by atoms with E-state index in [-0.39, 0.29) is 18.1 Å². The fourth-order valence-corrected chi connectivity index (χ4v) is 2.98. The predicted octanol–water partition coefficient (Wildman–Crippen LogP) is 3.25. The summed E-state index contributed by atoms with van der Waals surface area (Å²) in [5.41, 5.74) is 0.661. The van der Waals surface area contributed by atoms with Gasteiger partial charge in [-0.1, -0.05) is 60.8 Å². The van der Waals surface area contributed by atoms with Gasteiger partial charge in [-0.2, -0.15) is 0 Å². The summed E-state index contributed by atoms with van der Waals surface area (Å²) in [6, 6.07) is 6.93. The lowest BCUT2D eigenvalue weighted by Crippen LogP contribution is -2.33. The molecule has 0 spiro atoms. The molecule has 1 aromatic rings. The normalized spacial score (nSPS) is 12.4. The second-order valence-electron chi connectivity index (χ2n) is 4.70. The van der Waals surface area contributed by atoms with Crippen LogP contribution in [-0.2, 0) is 11.2 Å². The molecule has 0 saturated carbocycles. The number of alkyl halides is 1. The molecule has 1 amide bonds. The first-order valence-corrected chi connectivity index (χ1v) is 7.67. The van der Waals surface area contributed by atoms with Crippen molar-refractivity contribution in [3.8, 4) is 5.75 Å². The quantitative estimate of drug-likeness (QED) is 0.755. The van der Waals surface area contributed by atoms with Crippen molar-refractivity contribution >= 4 is 21.8 Å². The SMILES string of the molecule is CCC(CC)C(Br)CNC(=O)Cc1ccccc1O. The van der Waals surface area contributed by atoms with Crippen LogP contribution in [0.5, 0.6) is 5.75 Å². The van der Waals surface area contributed by atoms with E-state index in [0.717, 1.165) is 12.8 Å². The zero-order chi connectivity index (χ0) is 14.3. The highest BCUT2D eigenvalue weighted by Gasteiger charge is 2.16. The van der Waals surface area contributed by atoms with Crippen molar-refractivity contribution < 1.29 is 9.90 Å². The zero-order valence-electron chi connectivity index (χ0n) is 11.5. The molecule has 1 aromatic carbocycles. The van der Waals surface area contributed by atoms with Crippen LogP contribution in [0.15, 0.2) is 24.3 Å². The Morgan fingerprint density at radius 2 is 1.95 bits per heavy atom. The molecule has 106 valence electrons. The van der Waals surface area contributed by atoms with E-state index in [1.54, 1.807) is 18.2 Å². The minimum Gasteiger partial charge on any atom is -0.508 e. The van der Waals surface area contributed by atoms with Gasteiger partial charge >= 0.3 is 0 Å². The van der Waals surface area contributed by atoms with Crippen LogP contribution in [0.3, 0.4) is 0 Å². The highest BCUT2D eigenvalue weighted by molar-refractivity contribution is 9.09. The van der Waals surface area contributed by atoms with Gasteiger partial charge in [0.25, 0.3) is 0 Å². The maximum atomic E-state index is 11.8. The van der Waals surface area contributed by atoms with Gasteiger partial charge in [-0.25, -0.2) is 0 Å². The van der Waals surface area contributed by atoms with Gasteiger partial charge in [-0.3, -0.25) is 4.79 Å². The smallest absolute Gasteiger partial charge is 0.224 e. The van der Waals surface area contributed by atoms with Gasteiger partial charge in [-0.15, -0.1) is 0 Å². The van der Waals surface area contributed by atoms with Crippen LogP contribution in [0, 0.1) is 5.92 Å². The third kappa shape index (κ3) is 5.23. The van der Waals surface area contributed by atoms with E-state index >= 15 is 0 Å². The first kappa shape index (κ1) is 16.0. The predicted molar refractivity (Wildman–Crippen MR) is 81.6 cm³/mol. The average molecular weight is 328 g/mol. The minimum atomic E-state index is -0.0584. The van der Waals surface area contributed by atoms with E-state index in [1.165, 1.54) is 0 Å². The zero-order valence-corrected chi connectivity index (χ0v) is 13.1. The Hall–Kier alpha value is -1.03. The molecule has 1 atom stereocenters. The molecule has 19 heavy (non-hydrogen) atoms. The first-order chi connectivity index (χ1) is 9.08. The number of rotatable bonds is 7. The molecule has 0 aliphatic heterocycles. The highest BCUT2D eigenvalue weighted by Crippen LogP contribution is 2.20. The maximum Gasteiger partial charge on any atom is 0.224 e. The van der Waals surface area contributed by atoms with Crippen molar-refractivity contribution in [1.82, 2.24) is 5.32 Å². The molecule has 1 rings (SSSR count). The fourth-order valence-electron chi connectivity index (χ4n) is 2.07. The minimum absolute atomic E-state index is 0.0584. The lowest BCUT2D eigenvalue weighted by Gasteiger charge is -2.19. The summed E-state index contributed by atoms with van der Waals surface area (Å²) in [6.45, 7) is 4.94. The average Bonchev–Trinajstić information content (AvgIpc) is 2.40. The van der Waals surface area contributed by atoms with E-state index in [2.05, 4.69) is 35.1 Å². The molecular weight excluding hydrogens is 306 g/mol. The Kier molecular flexibility index (Phi) is 6.92. The maximum absolute atomic E-state index is 11.8. The number of para-hydroxylation sites is 1. The summed E-state index contributed by atoms with van der Waals surface area (Å²) in [6.07, 6.45) is 2.42. The molecule has 0 heterocycles. The Bertz CT molecular complexity index is 405. The molecular formula is C15H22BrNO2. The number of benzene rings is 1. The van der Waals surface area contributed by atoms with Crippen molar-refractivity contribution in [1.29, 1.82) is 0 Å². The molecule has 0 radical (unpaired) electrons. The van der Waals surface area contributed by atoms with E-state index in [4.69, 9.17) is 0 Å². The van der Waals surface area contributed by atoms with Crippen LogP contribution >= 0.6 is 15.9 Å². The third-order valence-electron chi connectivity index (χ3n) is 3.40. The summed E-state index contributed by atoms with van der Waals surface area (Å²) in [5, 5.41) is 12.5. The van der Waals surface area contributed by atoms with Crippen molar-refractivity contribution in [3.63, 3.8) is 0 Å². The van der Waals surface area contributed by atoms with E-state index in [0.29, 0.717) is 22.9 Å². The Morgan fingerprint density at radius 1 is 1.32 bits per heavy atom. The molecule has 4 heteroatoms. The van der Waals surface area contributed by atoms with Crippen LogP contribution in [0.1, 0.15) is 32.3 Å².